The summed E-state index contributed by atoms with van der Waals surface area (Å²) in [5, 5.41) is 3.18. The molecule has 0 bridgehead atoms. The molecule has 9 nitrogen and oxygen atoms in total. The summed E-state index contributed by atoms with van der Waals surface area (Å²) < 4.78 is 46.4. The van der Waals surface area contributed by atoms with Crippen molar-refractivity contribution >= 4 is 44.6 Å². The normalized spacial score (nSPS) is 18.8. The summed E-state index contributed by atoms with van der Waals surface area (Å²) in [5.41, 5.74) is 1.80. The van der Waals surface area contributed by atoms with Crippen molar-refractivity contribution in [3.05, 3.63) is 66.5 Å². The number of carbonyl (C=O) groups is 1. The smallest absolute Gasteiger partial charge is 0.249 e. The molecule has 1 amide bonds. The Morgan fingerprint density at radius 3 is 2.50 bits per heavy atom. The molecule has 3 aromatic rings. The van der Waals surface area contributed by atoms with Crippen LogP contribution in [0.4, 0.5) is 33.1 Å². The lowest BCUT2D eigenvalue weighted by Gasteiger charge is -2.39. The number of nitrogens with one attached hydrogen (secondary N) is 1. The van der Waals surface area contributed by atoms with Crippen molar-refractivity contribution in [2.45, 2.75) is 17.9 Å². The minimum atomic E-state index is -3.65. The van der Waals surface area contributed by atoms with Crippen LogP contribution in [0.2, 0.25) is 0 Å². The van der Waals surface area contributed by atoms with Gasteiger partial charge in [-0.3, -0.25) is 4.79 Å². The summed E-state index contributed by atoms with van der Waals surface area (Å²) in [4.78, 5) is 21.1. The van der Waals surface area contributed by atoms with Crippen molar-refractivity contribution in [3.63, 3.8) is 0 Å². The number of anilines is 5. The van der Waals surface area contributed by atoms with Gasteiger partial charge in [-0.05, 0) is 61.5 Å². The average Bonchev–Trinajstić information content (AvgIpc) is 2.89. The fourth-order valence-corrected chi connectivity index (χ4v) is 5.86. The second-order valence-corrected chi connectivity index (χ2v) is 10.6. The number of rotatable bonds is 5. The molecule has 0 spiro atoms. The molecular weight excluding hydrogens is 485 g/mol. The Kier molecular flexibility index (Phi) is 6.37. The Hall–Kier alpha value is -3.54. The predicted octanol–water partition coefficient (Wildman–Crippen LogP) is 3.49. The number of morpholine rings is 1. The number of hydrogen-bond donors (Lipinski definition) is 1. The van der Waals surface area contributed by atoms with Gasteiger partial charge in [0.15, 0.2) is 5.82 Å². The van der Waals surface area contributed by atoms with Crippen LogP contribution in [-0.4, -0.2) is 63.0 Å². The van der Waals surface area contributed by atoms with E-state index in [9.17, 15) is 17.6 Å². The third kappa shape index (κ3) is 4.41. The maximum Gasteiger partial charge on any atom is 0.249 e. The van der Waals surface area contributed by atoms with Gasteiger partial charge in [-0.2, -0.15) is 4.31 Å². The number of benzene rings is 2. The molecule has 188 valence electrons. The number of aromatic nitrogens is 1. The SMILES string of the molecule is CC1C(=O)N(C)c2ccc(Nc3cccc(S(=O)(=O)N4CCOCC4)c3)nc2N1c1ccc(F)cc1. The molecule has 2 aliphatic heterocycles. The molecule has 2 aliphatic rings. The van der Waals surface area contributed by atoms with Crippen LogP contribution in [0.15, 0.2) is 65.6 Å². The minimum absolute atomic E-state index is 0.115. The molecule has 5 rings (SSSR count). The number of ether oxygens (including phenoxy) is 1. The van der Waals surface area contributed by atoms with E-state index in [1.54, 1.807) is 72.3 Å². The molecule has 11 heteroatoms. The fourth-order valence-electron chi connectivity index (χ4n) is 4.41. The largest absolute Gasteiger partial charge is 0.379 e. The van der Waals surface area contributed by atoms with E-state index in [1.165, 1.54) is 16.4 Å². The van der Waals surface area contributed by atoms with Gasteiger partial charge in [-0.25, -0.2) is 17.8 Å². The van der Waals surface area contributed by atoms with Crippen LogP contribution in [0, 0.1) is 5.82 Å². The lowest BCUT2D eigenvalue weighted by Crippen LogP contribution is -2.49. The van der Waals surface area contributed by atoms with Crippen molar-refractivity contribution in [2.75, 3.05) is 48.5 Å². The number of carbonyl (C=O) groups excluding carboxylic acids is 1. The van der Waals surface area contributed by atoms with E-state index < -0.39 is 16.1 Å². The number of fused-ring (bicyclic) bond motifs is 1. The van der Waals surface area contributed by atoms with Gasteiger partial charge < -0.3 is 19.9 Å². The van der Waals surface area contributed by atoms with Gasteiger partial charge in [0.05, 0.1) is 23.8 Å². The quantitative estimate of drug-likeness (QED) is 0.560. The van der Waals surface area contributed by atoms with Crippen molar-refractivity contribution < 1.29 is 22.3 Å². The highest BCUT2D eigenvalue weighted by molar-refractivity contribution is 7.89. The number of nitrogens with zero attached hydrogens (tertiary/aromatic N) is 4. The highest BCUT2D eigenvalue weighted by atomic mass is 32.2. The first kappa shape index (κ1) is 24.2. The van der Waals surface area contributed by atoms with Gasteiger partial charge >= 0.3 is 0 Å². The predicted molar refractivity (Wildman–Crippen MR) is 135 cm³/mol. The number of likely N-dealkylation sites (N-methyl/N-ethyl adjacent to an activating group) is 1. The van der Waals surface area contributed by atoms with Gasteiger partial charge in [0.25, 0.3) is 0 Å². The van der Waals surface area contributed by atoms with Crippen molar-refractivity contribution in [1.29, 1.82) is 0 Å². The number of sulfonamides is 1. The monoisotopic (exact) mass is 511 g/mol. The molecule has 2 aromatic carbocycles. The first-order valence-electron chi connectivity index (χ1n) is 11.5. The zero-order chi connectivity index (χ0) is 25.4. The molecule has 0 saturated carbocycles. The Morgan fingerprint density at radius 1 is 1.06 bits per heavy atom. The summed E-state index contributed by atoms with van der Waals surface area (Å²) in [5.74, 6) is 0.507. The van der Waals surface area contributed by atoms with Crippen LogP contribution >= 0.6 is 0 Å². The molecular formula is C25H26FN5O4S. The average molecular weight is 512 g/mol. The summed E-state index contributed by atoms with van der Waals surface area (Å²) in [6.45, 7) is 3.14. The molecule has 1 aromatic heterocycles. The highest BCUT2D eigenvalue weighted by Gasteiger charge is 2.36. The molecule has 3 heterocycles. The number of hydrogen-bond acceptors (Lipinski definition) is 7. The summed E-state index contributed by atoms with van der Waals surface area (Å²) in [7, 11) is -1.96. The third-order valence-corrected chi connectivity index (χ3v) is 8.23. The van der Waals surface area contributed by atoms with Crippen LogP contribution in [-0.2, 0) is 19.6 Å². The topological polar surface area (TPSA) is 95.1 Å². The standard InChI is InChI=1S/C25H26FN5O4S/c1-17-25(32)29(2)22-10-11-23(28-24(22)31(17)20-8-6-18(26)7-9-20)27-19-4-3-5-21(16-19)36(33,34)30-12-14-35-15-13-30/h3-11,16-17H,12-15H2,1-2H3,(H,27,28). The minimum Gasteiger partial charge on any atom is -0.379 e. The van der Waals surface area contributed by atoms with Crippen molar-refractivity contribution in [2.24, 2.45) is 0 Å². The van der Waals surface area contributed by atoms with Crippen LogP contribution in [0.1, 0.15) is 6.92 Å². The Labute approximate surface area is 209 Å². The molecule has 1 N–H and O–H groups in total. The van der Waals surface area contributed by atoms with E-state index in [2.05, 4.69) is 5.32 Å². The van der Waals surface area contributed by atoms with Gasteiger partial charge in [-0.1, -0.05) is 6.07 Å². The lowest BCUT2D eigenvalue weighted by molar-refractivity contribution is -0.119. The summed E-state index contributed by atoms with van der Waals surface area (Å²) in [6, 6.07) is 15.4. The van der Waals surface area contributed by atoms with Gasteiger partial charge in [0.1, 0.15) is 17.7 Å². The zero-order valence-electron chi connectivity index (χ0n) is 19.9. The number of halogens is 1. The molecule has 1 fully saturated rings. The molecule has 1 saturated heterocycles. The van der Waals surface area contributed by atoms with E-state index in [0.717, 1.165) is 0 Å². The molecule has 1 unspecified atom stereocenters. The molecule has 0 radical (unpaired) electrons. The maximum atomic E-state index is 13.6. The van der Waals surface area contributed by atoms with E-state index >= 15 is 0 Å². The van der Waals surface area contributed by atoms with Crippen LogP contribution < -0.4 is 15.1 Å². The zero-order valence-corrected chi connectivity index (χ0v) is 20.7. The first-order valence-corrected chi connectivity index (χ1v) is 13.0. The molecule has 1 atom stereocenters. The van der Waals surface area contributed by atoms with Crippen LogP contribution in [0.5, 0.6) is 0 Å². The van der Waals surface area contributed by atoms with Crippen molar-refractivity contribution in [3.8, 4) is 0 Å². The Morgan fingerprint density at radius 2 is 1.78 bits per heavy atom. The maximum absolute atomic E-state index is 13.6. The second kappa shape index (κ2) is 9.49. The molecule has 36 heavy (non-hydrogen) atoms. The van der Waals surface area contributed by atoms with Crippen molar-refractivity contribution in [1.82, 2.24) is 9.29 Å². The highest BCUT2D eigenvalue weighted by Crippen LogP contribution is 2.40. The Bertz CT molecular complexity index is 1390. The van der Waals surface area contributed by atoms with Gasteiger partial charge in [0.2, 0.25) is 15.9 Å². The number of amides is 1. The van der Waals surface area contributed by atoms with E-state index in [-0.39, 0.29) is 16.6 Å². The van der Waals surface area contributed by atoms with E-state index in [4.69, 9.17) is 9.72 Å². The van der Waals surface area contributed by atoms with Crippen LogP contribution in [0.25, 0.3) is 0 Å². The second-order valence-electron chi connectivity index (χ2n) is 8.63. The van der Waals surface area contributed by atoms with Gasteiger partial charge in [-0.15, -0.1) is 0 Å². The van der Waals surface area contributed by atoms with Crippen LogP contribution in [0.3, 0.4) is 0 Å². The van der Waals surface area contributed by atoms with E-state index in [1.807, 2.05) is 0 Å². The number of pyridine rings is 1. The lowest BCUT2D eigenvalue weighted by atomic mass is 10.1. The van der Waals surface area contributed by atoms with Gasteiger partial charge in [0, 0.05) is 31.5 Å². The molecule has 0 aliphatic carbocycles. The third-order valence-electron chi connectivity index (χ3n) is 6.34. The van der Waals surface area contributed by atoms with E-state index in [0.29, 0.717) is 55.0 Å². The summed E-state index contributed by atoms with van der Waals surface area (Å²) in [6.07, 6.45) is 0. The summed E-state index contributed by atoms with van der Waals surface area (Å²) >= 11 is 0. The first-order chi connectivity index (χ1) is 17.3. The Balaban J connectivity index is 1.48. The fraction of sp³-hybridized carbons (Fsp3) is 0.280.